The summed E-state index contributed by atoms with van der Waals surface area (Å²) in [5.74, 6) is -1.44. The van der Waals surface area contributed by atoms with E-state index in [2.05, 4.69) is 12.2 Å². The first-order chi connectivity index (χ1) is 9.88. The number of hydrogen-bond acceptors (Lipinski definition) is 4. The number of nitrogens with one attached hydrogen (secondary N) is 1. The molecule has 2 rings (SSSR count). The third-order valence-corrected chi connectivity index (χ3v) is 4.75. The molecule has 0 fully saturated rings. The van der Waals surface area contributed by atoms with E-state index in [-0.39, 0.29) is 12.8 Å². The highest BCUT2D eigenvalue weighted by molar-refractivity contribution is 7.17. The molecule has 21 heavy (non-hydrogen) atoms. The number of fused-ring (bicyclic) bond motifs is 1. The third-order valence-electron chi connectivity index (χ3n) is 3.58. The number of hydrogen-bond donors (Lipinski definition) is 3. The second-order valence-electron chi connectivity index (χ2n) is 5.36. The van der Waals surface area contributed by atoms with E-state index in [9.17, 15) is 14.4 Å². The lowest BCUT2D eigenvalue weighted by molar-refractivity contribution is -0.138. The van der Waals surface area contributed by atoms with E-state index in [1.807, 2.05) is 0 Å². The van der Waals surface area contributed by atoms with Gasteiger partial charge in [-0.1, -0.05) is 6.92 Å². The highest BCUT2D eigenvalue weighted by Gasteiger charge is 2.27. The van der Waals surface area contributed by atoms with Crippen molar-refractivity contribution in [2.75, 3.05) is 5.32 Å². The van der Waals surface area contributed by atoms with Gasteiger partial charge in [0.2, 0.25) is 5.91 Å². The molecular formula is C14H18N2O4S. The first-order valence-electron chi connectivity index (χ1n) is 6.84. The number of carbonyl (C=O) groups excluding carboxylic acids is 2. The molecule has 1 atom stereocenters. The minimum atomic E-state index is -1.03. The van der Waals surface area contributed by atoms with Gasteiger partial charge in [-0.05, 0) is 30.7 Å². The van der Waals surface area contributed by atoms with E-state index < -0.39 is 17.8 Å². The van der Waals surface area contributed by atoms with Gasteiger partial charge in [0.05, 0.1) is 12.0 Å². The molecule has 4 N–H and O–H groups in total. The summed E-state index contributed by atoms with van der Waals surface area (Å²) < 4.78 is 0. The van der Waals surface area contributed by atoms with E-state index in [0.717, 1.165) is 29.7 Å². The molecule has 1 heterocycles. The van der Waals surface area contributed by atoms with E-state index >= 15 is 0 Å². The average molecular weight is 310 g/mol. The molecule has 1 aliphatic rings. The van der Waals surface area contributed by atoms with Gasteiger partial charge in [0.25, 0.3) is 5.91 Å². The van der Waals surface area contributed by atoms with Crippen LogP contribution in [-0.2, 0) is 22.4 Å². The van der Waals surface area contributed by atoms with Crippen LogP contribution in [0.5, 0.6) is 0 Å². The van der Waals surface area contributed by atoms with Crippen molar-refractivity contribution in [3.05, 3.63) is 16.0 Å². The standard InChI is InChI=1S/C14H18N2O4S/c1-7-2-3-8-9(6-7)21-14(12(8)13(15)20)16-10(17)4-5-11(18)19/h7H,2-6H2,1H3,(H2,15,20)(H,16,17)(H,18,19). The number of carbonyl (C=O) groups is 3. The van der Waals surface area contributed by atoms with Crippen LogP contribution in [-0.4, -0.2) is 22.9 Å². The Labute approximate surface area is 126 Å². The molecule has 0 bridgehead atoms. The van der Waals surface area contributed by atoms with Crippen molar-refractivity contribution in [1.29, 1.82) is 0 Å². The maximum absolute atomic E-state index is 11.7. The monoisotopic (exact) mass is 310 g/mol. The Balaban J connectivity index is 2.21. The zero-order chi connectivity index (χ0) is 15.6. The maximum Gasteiger partial charge on any atom is 0.303 e. The number of amides is 2. The van der Waals surface area contributed by atoms with E-state index in [1.54, 1.807) is 0 Å². The lowest BCUT2D eigenvalue weighted by atomic mass is 9.88. The molecule has 1 aliphatic carbocycles. The van der Waals surface area contributed by atoms with E-state index in [1.165, 1.54) is 11.3 Å². The van der Waals surface area contributed by atoms with Crippen molar-refractivity contribution in [2.24, 2.45) is 11.7 Å². The van der Waals surface area contributed by atoms with Crippen molar-refractivity contribution in [3.63, 3.8) is 0 Å². The average Bonchev–Trinajstić information content (AvgIpc) is 2.73. The van der Waals surface area contributed by atoms with Gasteiger partial charge in [-0.25, -0.2) is 0 Å². The summed E-state index contributed by atoms with van der Waals surface area (Å²) in [6, 6.07) is 0. The maximum atomic E-state index is 11.7. The number of aliphatic carboxylic acids is 1. The topological polar surface area (TPSA) is 109 Å². The third kappa shape index (κ3) is 3.60. The number of rotatable bonds is 5. The minimum absolute atomic E-state index is 0.119. The van der Waals surface area contributed by atoms with Crippen molar-refractivity contribution < 1.29 is 19.5 Å². The van der Waals surface area contributed by atoms with Gasteiger partial charge in [0.1, 0.15) is 5.00 Å². The Morgan fingerprint density at radius 3 is 2.71 bits per heavy atom. The zero-order valence-corrected chi connectivity index (χ0v) is 12.6. The van der Waals surface area contributed by atoms with Crippen molar-refractivity contribution in [1.82, 2.24) is 0 Å². The van der Waals surface area contributed by atoms with Gasteiger partial charge < -0.3 is 16.2 Å². The van der Waals surface area contributed by atoms with Gasteiger partial charge in [-0.15, -0.1) is 11.3 Å². The van der Waals surface area contributed by atoms with Crippen LogP contribution in [0.1, 0.15) is 47.0 Å². The second kappa shape index (κ2) is 6.26. The molecular weight excluding hydrogens is 292 g/mol. The first-order valence-corrected chi connectivity index (χ1v) is 7.66. The van der Waals surface area contributed by atoms with Crippen LogP contribution < -0.4 is 11.1 Å². The van der Waals surface area contributed by atoms with Gasteiger partial charge in [-0.3, -0.25) is 14.4 Å². The summed E-state index contributed by atoms with van der Waals surface area (Å²) in [5, 5.41) is 11.7. The largest absolute Gasteiger partial charge is 0.481 e. The molecule has 0 spiro atoms. The van der Waals surface area contributed by atoms with Crippen LogP contribution in [0.3, 0.4) is 0 Å². The highest BCUT2D eigenvalue weighted by atomic mass is 32.1. The number of thiophene rings is 1. The Kier molecular flexibility index (Phi) is 4.62. The Morgan fingerprint density at radius 1 is 1.38 bits per heavy atom. The Hall–Kier alpha value is -1.89. The lowest BCUT2D eigenvalue weighted by Crippen LogP contribution is -2.19. The number of carboxylic acids is 1. The summed E-state index contributed by atoms with van der Waals surface area (Å²) in [5.41, 5.74) is 6.78. The fraction of sp³-hybridized carbons (Fsp3) is 0.500. The number of carboxylic acid groups (broad SMARTS) is 1. The Morgan fingerprint density at radius 2 is 2.10 bits per heavy atom. The molecule has 6 nitrogen and oxygen atoms in total. The molecule has 2 amide bonds. The molecule has 0 saturated carbocycles. The minimum Gasteiger partial charge on any atom is -0.481 e. The van der Waals surface area contributed by atoms with Crippen LogP contribution in [0.2, 0.25) is 0 Å². The predicted octanol–water partition coefficient (Wildman–Crippen LogP) is 1.78. The van der Waals surface area contributed by atoms with Crippen LogP contribution >= 0.6 is 11.3 Å². The van der Waals surface area contributed by atoms with Crippen molar-refractivity contribution in [3.8, 4) is 0 Å². The van der Waals surface area contributed by atoms with Crippen LogP contribution in [0.25, 0.3) is 0 Å². The second-order valence-corrected chi connectivity index (χ2v) is 6.47. The van der Waals surface area contributed by atoms with E-state index in [4.69, 9.17) is 10.8 Å². The molecule has 0 radical (unpaired) electrons. The van der Waals surface area contributed by atoms with Crippen molar-refractivity contribution >= 4 is 34.1 Å². The van der Waals surface area contributed by atoms with Crippen LogP contribution in [0, 0.1) is 5.92 Å². The smallest absolute Gasteiger partial charge is 0.303 e. The molecule has 1 aromatic heterocycles. The quantitative estimate of drug-likeness (QED) is 0.770. The molecule has 7 heteroatoms. The number of primary amides is 1. The zero-order valence-electron chi connectivity index (χ0n) is 11.8. The highest BCUT2D eigenvalue weighted by Crippen LogP contribution is 2.39. The van der Waals surface area contributed by atoms with Gasteiger partial charge >= 0.3 is 5.97 Å². The summed E-state index contributed by atoms with van der Waals surface area (Å²) in [4.78, 5) is 35.0. The summed E-state index contributed by atoms with van der Waals surface area (Å²) in [7, 11) is 0. The number of nitrogens with two attached hydrogens (primary N) is 1. The fourth-order valence-corrected chi connectivity index (χ4v) is 3.94. The van der Waals surface area contributed by atoms with Crippen molar-refractivity contribution in [2.45, 2.75) is 39.0 Å². The van der Waals surface area contributed by atoms with Crippen LogP contribution in [0.15, 0.2) is 0 Å². The Bertz CT molecular complexity index is 594. The van der Waals surface area contributed by atoms with Crippen LogP contribution in [0.4, 0.5) is 5.00 Å². The molecule has 1 aromatic rings. The normalized spacial score (nSPS) is 17.1. The number of anilines is 1. The lowest BCUT2D eigenvalue weighted by Gasteiger charge is -2.18. The summed E-state index contributed by atoms with van der Waals surface area (Å²) in [6.07, 6.45) is 2.31. The summed E-state index contributed by atoms with van der Waals surface area (Å²) in [6.45, 7) is 2.15. The van der Waals surface area contributed by atoms with Gasteiger partial charge in [-0.2, -0.15) is 0 Å². The first kappa shape index (κ1) is 15.5. The molecule has 1 unspecified atom stereocenters. The SMILES string of the molecule is CC1CCc2c(sc(NC(=O)CCC(=O)O)c2C(N)=O)C1. The van der Waals surface area contributed by atoms with Gasteiger partial charge in [0, 0.05) is 11.3 Å². The van der Waals surface area contributed by atoms with E-state index in [0.29, 0.717) is 16.5 Å². The molecule has 114 valence electrons. The summed E-state index contributed by atoms with van der Waals surface area (Å²) >= 11 is 1.38. The predicted molar refractivity (Wildman–Crippen MR) is 79.5 cm³/mol. The molecule has 0 aromatic carbocycles. The molecule has 0 saturated heterocycles. The van der Waals surface area contributed by atoms with Gasteiger partial charge in [0.15, 0.2) is 0 Å². The fourth-order valence-electron chi connectivity index (χ4n) is 2.51. The molecule has 0 aliphatic heterocycles.